The fraction of sp³-hybridized carbons (Fsp3) is 0.429. The number of rotatable bonds is 6. The number of nitrogens with one attached hydrogen (secondary N) is 2. The minimum Gasteiger partial charge on any atom is -0.313 e. The average molecular weight is 325 g/mol. The van der Waals surface area contributed by atoms with Crippen molar-refractivity contribution in [1.82, 2.24) is 20.1 Å². The quantitative estimate of drug-likeness (QED) is 0.857. The number of hydrogen-bond acceptors (Lipinski definition) is 4. The molecule has 1 aliphatic rings. The zero-order valence-electron chi connectivity index (χ0n) is 11.7. The van der Waals surface area contributed by atoms with Gasteiger partial charge in [0.15, 0.2) is 5.16 Å². The molecule has 1 aromatic carbocycles. The van der Waals surface area contributed by atoms with E-state index < -0.39 is 0 Å². The van der Waals surface area contributed by atoms with Crippen LogP contribution in [-0.4, -0.2) is 21.3 Å². The van der Waals surface area contributed by atoms with Crippen molar-refractivity contribution in [2.45, 2.75) is 42.4 Å². The van der Waals surface area contributed by atoms with Gasteiger partial charge >= 0.3 is 5.69 Å². The molecule has 5 nitrogen and oxygen atoms in total. The highest BCUT2D eigenvalue weighted by Gasteiger charge is 2.28. The molecule has 1 fully saturated rings. The van der Waals surface area contributed by atoms with Crippen LogP contribution >= 0.6 is 23.4 Å². The summed E-state index contributed by atoms with van der Waals surface area (Å²) in [4.78, 5) is 12.7. The largest absolute Gasteiger partial charge is 0.344 e. The van der Waals surface area contributed by atoms with Crippen LogP contribution in [0.3, 0.4) is 0 Å². The molecule has 2 N–H and O–H groups in total. The van der Waals surface area contributed by atoms with Gasteiger partial charge in [0.2, 0.25) is 0 Å². The van der Waals surface area contributed by atoms with Crippen molar-refractivity contribution in [3.8, 4) is 0 Å². The predicted octanol–water partition coefficient (Wildman–Crippen LogP) is 2.82. The fourth-order valence-corrected chi connectivity index (χ4v) is 3.35. The van der Waals surface area contributed by atoms with Crippen LogP contribution in [0.2, 0.25) is 5.02 Å². The van der Waals surface area contributed by atoms with E-state index in [4.69, 9.17) is 11.6 Å². The number of halogens is 1. The molecule has 3 rings (SSSR count). The van der Waals surface area contributed by atoms with Gasteiger partial charge in [0.25, 0.3) is 0 Å². The van der Waals surface area contributed by atoms with E-state index in [0.717, 1.165) is 36.4 Å². The SMILES string of the molecule is CCNCc1ccc(Sc2n[nH]c(=O)n2C2CC2)c(Cl)c1. The molecule has 0 aliphatic heterocycles. The van der Waals surface area contributed by atoms with Gasteiger partial charge in [-0.25, -0.2) is 9.89 Å². The van der Waals surface area contributed by atoms with Crippen LogP contribution in [-0.2, 0) is 6.54 Å². The first-order valence-corrected chi connectivity index (χ1v) is 8.22. The predicted molar refractivity (Wildman–Crippen MR) is 84.1 cm³/mol. The van der Waals surface area contributed by atoms with Crippen LogP contribution in [0.4, 0.5) is 0 Å². The van der Waals surface area contributed by atoms with Gasteiger partial charge in [0, 0.05) is 17.5 Å². The molecule has 112 valence electrons. The third-order valence-corrected chi connectivity index (χ3v) is 4.83. The standard InChI is InChI=1S/C14H17ClN4OS/c1-2-16-8-9-3-6-12(11(15)7-9)21-14-18-17-13(20)19(14)10-4-5-10/h3,6-7,10,16H,2,4-5,8H2,1H3,(H,17,20). The Bertz CT molecular complexity index is 693. The van der Waals surface area contributed by atoms with Crippen LogP contribution in [0.25, 0.3) is 0 Å². The zero-order chi connectivity index (χ0) is 14.8. The molecule has 7 heteroatoms. The van der Waals surface area contributed by atoms with E-state index in [9.17, 15) is 4.79 Å². The van der Waals surface area contributed by atoms with Crippen LogP contribution in [0.5, 0.6) is 0 Å². The number of benzene rings is 1. The second-order valence-corrected chi connectivity index (χ2v) is 6.48. The maximum absolute atomic E-state index is 11.8. The van der Waals surface area contributed by atoms with E-state index in [0.29, 0.717) is 16.2 Å². The Morgan fingerprint density at radius 2 is 2.33 bits per heavy atom. The van der Waals surface area contributed by atoms with Crippen molar-refractivity contribution in [2.75, 3.05) is 6.54 Å². The van der Waals surface area contributed by atoms with Crippen molar-refractivity contribution in [2.24, 2.45) is 0 Å². The summed E-state index contributed by atoms with van der Waals surface area (Å²) in [7, 11) is 0. The van der Waals surface area contributed by atoms with E-state index in [1.54, 1.807) is 4.57 Å². The first-order valence-electron chi connectivity index (χ1n) is 7.03. The van der Waals surface area contributed by atoms with E-state index in [1.807, 2.05) is 18.2 Å². The van der Waals surface area contributed by atoms with Crippen molar-refractivity contribution in [3.63, 3.8) is 0 Å². The Morgan fingerprint density at radius 1 is 1.52 bits per heavy atom. The molecule has 0 saturated heterocycles. The second kappa shape index (κ2) is 6.25. The highest BCUT2D eigenvalue weighted by Crippen LogP contribution is 2.39. The molecule has 0 bridgehead atoms. The molecule has 1 saturated carbocycles. The first kappa shape index (κ1) is 14.7. The lowest BCUT2D eigenvalue weighted by molar-refractivity contribution is 0.642. The van der Waals surface area contributed by atoms with Gasteiger partial charge in [0.1, 0.15) is 0 Å². The van der Waals surface area contributed by atoms with Gasteiger partial charge in [-0.3, -0.25) is 4.57 Å². The second-order valence-electron chi connectivity index (χ2n) is 5.06. The number of H-pyrrole nitrogens is 1. The van der Waals surface area contributed by atoms with Crippen molar-refractivity contribution in [1.29, 1.82) is 0 Å². The lowest BCUT2D eigenvalue weighted by Gasteiger charge is -2.08. The molecular formula is C14H17ClN4OS. The van der Waals surface area contributed by atoms with Crippen LogP contribution in [0.15, 0.2) is 33.0 Å². The van der Waals surface area contributed by atoms with Crippen LogP contribution in [0, 0.1) is 0 Å². The molecular weight excluding hydrogens is 308 g/mol. The summed E-state index contributed by atoms with van der Waals surface area (Å²) in [6.07, 6.45) is 2.09. The van der Waals surface area contributed by atoms with Crippen molar-refractivity contribution in [3.05, 3.63) is 39.3 Å². The van der Waals surface area contributed by atoms with E-state index in [2.05, 4.69) is 22.4 Å². The molecule has 1 aromatic heterocycles. The Morgan fingerprint density at radius 3 is 3.00 bits per heavy atom. The third-order valence-electron chi connectivity index (χ3n) is 3.36. The average Bonchev–Trinajstić information content (AvgIpc) is 3.24. The minimum absolute atomic E-state index is 0.139. The van der Waals surface area contributed by atoms with Crippen molar-refractivity contribution < 1.29 is 0 Å². The molecule has 0 radical (unpaired) electrons. The summed E-state index contributed by atoms with van der Waals surface area (Å²) < 4.78 is 1.73. The summed E-state index contributed by atoms with van der Waals surface area (Å²) in [6.45, 7) is 3.80. The summed E-state index contributed by atoms with van der Waals surface area (Å²) in [5.41, 5.74) is 1.01. The van der Waals surface area contributed by atoms with Gasteiger partial charge < -0.3 is 5.32 Å². The molecule has 1 heterocycles. The van der Waals surface area contributed by atoms with Crippen LogP contribution < -0.4 is 11.0 Å². The van der Waals surface area contributed by atoms with Gasteiger partial charge in [-0.05, 0) is 48.8 Å². The Balaban J connectivity index is 1.80. The summed E-state index contributed by atoms with van der Waals surface area (Å²) in [5, 5.41) is 11.3. The third kappa shape index (κ3) is 3.33. The maximum Gasteiger partial charge on any atom is 0.344 e. The molecule has 0 amide bonds. The molecule has 0 spiro atoms. The highest BCUT2D eigenvalue weighted by molar-refractivity contribution is 7.99. The van der Waals surface area contributed by atoms with Crippen LogP contribution in [0.1, 0.15) is 31.4 Å². The summed E-state index contributed by atoms with van der Waals surface area (Å²) in [6, 6.07) is 6.28. The maximum atomic E-state index is 11.8. The van der Waals surface area contributed by atoms with Gasteiger partial charge in [-0.2, -0.15) is 0 Å². The number of aromatic amines is 1. The highest BCUT2D eigenvalue weighted by atomic mass is 35.5. The minimum atomic E-state index is -0.139. The topological polar surface area (TPSA) is 62.7 Å². The monoisotopic (exact) mass is 324 g/mol. The lowest BCUT2D eigenvalue weighted by atomic mass is 10.2. The van der Waals surface area contributed by atoms with Gasteiger partial charge in [-0.15, -0.1) is 5.10 Å². The number of nitrogens with zero attached hydrogens (tertiary/aromatic N) is 2. The van der Waals surface area contributed by atoms with E-state index >= 15 is 0 Å². The zero-order valence-corrected chi connectivity index (χ0v) is 13.3. The molecule has 21 heavy (non-hydrogen) atoms. The summed E-state index contributed by atoms with van der Waals surface area (Å²) >= 11 is 7.77. The Kier molecular flexibility index (Phi) is 4.37. The van der Waals surface area contributed by atoms with E-state index in [1.165, 1.54) is 11.8 Å². The molecule has 1 aliphatic carbocycles. The smallest absolute Gasteiger partial charge is 0.313 e. The normalized spacial score (nSPS) is 14.6. The molecule has 2 aromatic rings. The van der Waals surface area contributed by atoms with Gasteiger partial charge in [-0.1, -0.05) is 24.6 Å². The van der Waals surface area contributed by atoms with E-state index in [-0.39, 0.29) is 5.69 Å². The molecule has 0 unspecified atom stereocenters. The fourth-order valence-electron chi connectivity index (χ4n) is 2.12. The lowest BCUT2D eigenvalue weighted by Crippen LogP contribution is -2.16. The first-order chi connectivity index (χ1) is 10.2. The number of aromatic nitrogens is 3. The Labute approximate surface area is 132 Å². The van der Waals surface area contributed by atoms with Crippen molar-refractivity contribution >= 4 is 23.4 Å². The van der Waals surface area contributed by atoms with Gasteiger partial charge in [0.05, 0.1) is 5.02 Å². The molecule has 0 atom stereocenters. The number of hydrogen-bond donors (Lipinski definition) is 2. The summed E-state index contributed by atoms with van der Waals surface area (Å²) in [5.74, 6) is 0. The Hall–Kier alpha value is -1.24.